The first-order chi connectivity index (χ1) is 9.20. The zero-order valence-corrected chi connectivity index (χ0v) is 10.1. The fraction of sp³-hybridized carbons (Fsp3) is 0.133. The molecule has 0 aromatic heterocycles. The number of benzene rings is 2. The van der Waals surface area contributed by atoms with Crippen molar-refractivity contribution in [2.45, 2.75) is 6.10 Å². The predicted molar refractivity (Wildman–Crippen MR) is 67.0 cm³/mol. The predicted octanol–water partition coefficient (Wildman–Crippen LogP) is 3.69. The van der Waals surface area contributed by atoms with Gasteiger partial charge in [-0.2, -0.15) is 0 Å². The number of ether oxygens (including phenoxy) is 1. The van der Waals surface area contributed by atoms with Crippen molar-refractivity contribution in [1.29, 1.82) is 0 Å². The number of carbonyl (C=O) groups is 1. The van der Waals surface area contributed by atoms with E-state index in [0.717, 1.165) is 0 Å². The average Bonchev–Trinajstić information content (AvgIpc) is 2.46. The van der Waals surface area contributed by atoms with E-state index in [1.54, 1.807) is 30.3 Å². The molecule has 0 saturated carbocycles. The van der Waals surface area contributed by atoms with Crippen LogP contribution in [0.25, 0.3) is 0 Å². The molecule has 0 bridgehead atoms. The summed E-state index contributed by atoms with van der Waals surface area (Å²) in [5.74, 6) is -1.02. The maximum Gasteiger partial charge on any atom is 0.338 e. The lowest BCUT2D eigenvalue weighted by Gasteiger charge is -2.15. The summed E-state index contributed by atoms with van der Waals surface area (Å²) in [6.45, 7) is -0.857. The number of alkyl halides is 1. The maximum absolute atomic E-state index is 12.9. The van der Waals surface area contributed by atoms with Gasteiger partial charge in [0.2, 0.25) is 0 Å². The summed E-state index contributed by atoms with van der Waals surface area (Å²) >= 11 is 0. The first-order valence-electron chi connectivity index (χ1n) is 5.78. The number of esters is 1. The largest absolute Gasteiger partial charge is 0.451 e. The summed E-state index contributed by atoms with van der Waals surface area (Å²) in [5, 5.41) is 0. The zero-order chi connectivity index (χ0) is 13.7. The molecular weight excluding hydrogens is 250 g/mol. The molecule has 2 aromatic carbocycles. The molecule has 0 radical (unpaired) electrons. The summed E-state index contributed by atoms with van der Waals surface area (Å²) < 4.78 is 30.8. The Morgan fingerprint density at radius 3 is 2.26 bits per heavy atom. The van der Waals surface area contributed by atoms with Gasteiger partial charge in [0.25, 0.3) is 0 Å². The van der Waals surface area contributed by atoms with Crippen molar-refractivity contribution in [2.24, 2.45) is 0 Å². The van der Waals surface area contributed by atoms with Gasteiger partial charge in [-0.05, 0) is 29.8 Å². The second-order valence-corrected chi connectivity index (χ2v) is 3.97. The Labute approximate surface area is 109 Å². The Morgan fingerprint density at radius 1 is 1.05 bits per heavy atom. The number of halogens is 2. The molecule has 0 N–H and O–H groups in total. The van der Waals surface area contributed by atoms with Crippen molar-refractivity contribution in [3.05, 3.63) is 71.5 Å². The molecular formula is C15H12F2O2. The van der Waals surface area contributed by atoms with Crippen LogP contribution in [0.3, 0.4) is 0 Å². The lowest BCUT2D eigenvalue weighted by molar-refractivity contribution is 0.0234. The minimum absolute atomic E-state index is 0.350. The third-order valence-corrected chi connectivity index (χ3v) is 2.64. The molecule has 1 atom stereocenters. The van der Waals surface area contributed by atoms with Gasteiger partial charge in [-0.1, -0.05) is 30.3 Å². The minimum Gasteiger partial charge on any atom is -0.451 e. The Kier molecular flexibility index (Phi) is 4.23. The van der Waals surface area contributed by atoms with Crippen molar-refractivity contribution in [3.63, 3.8) is 0 Å². The van der Waals surface area contributed by atoms with E-state index in [1.807, 2.05) is 0 Å². The standard InChI is InChI=1S/C15H12F2O2/c16-10-14(11-6-8-13(17)9-7-11)19-15(18)12-4-2-1-3-5-12/h1-9,14H,10H2/t14-/m1/s1. The van der Waals surface area contributed by atoms with Gasteiger partial charge in [0.1, 0.15) is 12.5 Å². The highest BCUT2D eigenvalue weighted by Crippen LogP contribution is 2.20. The summed E-state index contributed by atoms with van der Waals surface area (Å²) in [6, 6.07) is 13.5. The molecule has 4 heteroatoms. The molecule has 2 aromatic rings. The molecule has 19 heavy (non-hydrogen) atoms. The van der Waals surface area contributed by atoms with Crippen LogP contribution >= 0.6 is 0 Å². The van der Waals surface area contributed by atoms with E-state index in [4.69, 9.17) is 4.74 Å². The van der Waals surface area contributed by atoms with Gasteiger partial charge >= 0.3 is 5.97 Å². The quantitative estimate of drug-likeness (QED) is 0.785. The van der Waals surface area contributed by atoms with Gasteiger partial charge in [-0.3, -0.25) is 0 Å². The lowest BCUT2D eigenvalue weighted by atomic mass is 10.1. The van der Waals surface area contributed by atoms with Gasteiger partial charge in [0.15, 0.2) is 6.10 Å². The Morgan fingerprint density at radius 2 is 1.68 bits per heavy atom. The molecule has 0 aliphatic carbocycles. The average molecular weight is 262 g/mol. The third kappa shape index (κ3) is 3.37. The van der Waals surface area contributed by atoms with Crippen LogP contribution in [0.4, 0.5) is 8.78 Å². The van der Waals surface area contributed by atoms with Gasteiger partial charge in [0, 0.05) is 0 Å². The minimum atomic E-state index is -1.02. The second-order valence-electron chi connectivity index (χ2n) is 3.97. The first-order valence-corrected chi connectivity index (χ1v) is 5.78. The topological polar surface area (TPSA) is 26.3 Å². The SMILES string of the molecule is O=C(O[C@H](CF)c1ccc(F)cc1)c1ccccc1. The van der Waals surface area contributed by atoms with Crippen LogP contribution in [0, 0.1) is 5.82 Å². The van der Waals surface area contributed by atoms with E-state index in [0.29, 0.717) is 11.1 Å². The first kappa shape index (κ1) is 13.2. The molecule has 0 heterocycles. The van der Waals surface area contributed by atoms with Crippen LogP contribution in [0.1, 0.15) is 22.0 Å². The van der Waals surface area contributed by atoms with E-state index in [9.17, 15) is 13.6 Å². The molecule has 0 amide bonds. The monoisotopic (exact) mass is 262 g/mol. The number of hydrogen-bond donors (Lipinski definition) is 0. The Hall–Kier alpha value is -2.23. The van der Waals surface area contributed by atoms with E-state index < -0.39 is 24.6 Å². The molecule has 0 aliphatic heterocycles. The molecule has 2 rings (SSSR count). The Balaban J connectivity index is 2.11. The smallest absolute Gasteiger partial charge is 0.338 e. The van der Waals surface area contributed by atoms with Crippen molar-refractivity contribution >= 4 is 5.97 Å². The van der Waals surface area contributed by atoms with E-state index in [-0.39, 0.29) is 0 Å². The number of carbonyl (C=O) groups excluding carboxylic acids is 1. The molecule has 0 unspecified atom stereocenters. The summed E-state index contributed by atoms with van der Waals surface area (Å²) in [6.07, 6.45) is -1.02. The van der Waals surface area contributed by atoms with Crippen molar-refractivity contribution in [3.8, 4) is 0 Å². The van der Waals surface area contributed by atoms with Crippen LogP contribution in [-0.4, -0.2) is 12.6 Å². The normalized spacial score (nSPS) is 11.9. The van der Waals surface area contributed by atoms with E-state index in [2.05, 4.69) is 0 Å². The van der Waals surface area contributed by atoms with Crippen molar-refractivity contribution in [1.82, 2.24) is 0 Å². The van der Waals surface area contributed by atoms with Gasteiger partial charge < -0.3 is 4.74 Å². The molecule has 2 nitrogen and oxygen atoms in total. The fourth-order valence-electron chi connectivity index (χ4n) is 1.64. The highest BCUT2D eigenvalue weighted by atomic mass is 19.1. The van der Waals surface area contributed by atoms with Crippen molar-refractivity contribution < 1.29 is 18.3 Å². The third-order valence-electron chi connectivity index (χ3n) is 2.64. The summed E-state index contributed by atoms with van der Waals surface area (Å²) in [7, 11) is 0. The summed E-state index contributed by atoms with van der Waals surface area (Å²) in [4.78, 5) is 11.8. The van der Waals surface area contributed by atoms with Crippen LogP contribution in [0.5, 0.6) is 0 Å². The maximum atomic E-state index is 12.9. The van der Waals surface area contributed by atoms with Gasteiger partial charge in [-0.15, -0.1) is 0 Å². The van der Waals surface area contributed by atoms with E-state index >= 15 is 0 Å². The van der Waals surface area contributed by atoms with Crippen molar-refractivity contribution in [2.75, 3.05) is 6.67 Å². The van der Waals surface area contributed by atoms with E-state index in [1.165, 1.54) is 24.3 Å². The molecule has 0 fully saturated rings. The second kappa shape index (κ2) is 6.09. The molecule has 0 saturated heterocycles. The summed E-state index contributed by atoms with van der Waals surface area (Å²) in [5.41, 5.74) is 0.774. The van der Waals surface area contributed by atoms with Gasteiger partial charge in [-0.25, -0.2) is 13.6 Å². The van der Waals surface area contributed by atoms with Crippen LogP contribution < -0.4 is 0 Å². The fourth-order valence-corrected chi connectivity index (χ4v) is 1.64. The Bertz CT molecular complexity index is 538. The molecule has 0 spiro atoms. The van der Waals surface area contributed by atoms with Gasteiger partial charge in [0.05, 0.1) is 5.56 Å². The lowest BCUT2D eigenvalue weighted by Crippen LogP contribution is -2.13. The number of rotatable bonds is 4. The van der Waals surface area contributed by atoms with Crippen LogP contribution in [0.2, 0.25) is 0 Å². The molecule has 98 valence electrons. The number of hydrogen-bond acceptors (Lipinski definition) is 2. The highest BCUT2D eigenvalue weighted by Gasteiger charge is 2.17. The van der Waals surface area contributed by atoms with Crippen LogP contribution in [0.15, 0.2) is 54.6 Å². The zero-order valence-electron chi connectivity index (χ0n) is 10.1. The molecule has 0 aliphatic rings. The highest BCUT2D eigenvalue weighted by molar-refractivity contribution is 5.89. The van der Waals surface area contributed by atoms with Crippen LogP contribution in [-0.2, 0) is 4.74 Å².